The summed E-state index contributed by atoms with van der Waals surface area (Å²) in [4.78, 5) is 3.13. The van der Waals surface area contributed by atoms with Gasteiger partial charge in [-0.15, -0.1) is 11.8 Å². The molecule has 1 fully saturated rings. The zero-order valence-corrected chi connectivity index (χ0v) is 10.8. The van der Waals surface area contributed by atoms with Crippen LogP contribution in [0.15, 0.2) is 30.3 Å². The van der Waals surface area contributed by atoms with E-state index in [1.165, 1.54) is 5.56 Å². The molecular weight excluding hydrogens is 236 g/mol. The van der Waals surface area contributed by atoms with E-state index in [0.29, 0.717) is 0 Å². The predicted octanol–water partition coefficient (Wildman–Crippen LogP) is 1.89. The molecule has 16 heavy (non-hydrogen) atoms. The molecule has 1 aliphatic rings. The van der Waals surface area contributed by atoms with Gasteiger partial charge in [0.05, 0.1) is 16.9 Å². The summed E-state index contributed by atoms with van der Waals surface area (Å²) in [7, 11) is 0. The molecule has 4 heteroatoms. The van der Waals surface area contributed by atoms with Gasteiger partial charge in [0.2, 0.25) is 0 Å². The number of thioether (sulfide) groups is 1. The van der Waals surface area contributed by atoms with Crippen LogP contribution in [-0.4, -0.2) is 34.1 Å². The van der Waals surface area contributed by atoms with Crippen molar-refractivity contribution in [2.24, 2.45) is 5.73 Å². The molecule has 0 aliphatic carbocycles. The predicted molar refractivity (Wildman–Crippen MR) is 74.8 cm³/mol. The lowest BCUT2D eigenvalue weighted by molar-refractivity contribution is 0.527. The largest absolute Gasteiger partial charge is 0.355 e. The third kappa shape index (κ3) is 2.97. The number of rotatable bonds is 3. The van der Waals surface area contributed by atoms with E-state index < -0.39 is 0 Å². The van der Waals surface area contributed by atoms with Crippen LogP contribution in [0.4, 0.5) is 0 Å². The quantitative estimate of drug-likeness (QED) is 0.832. The molecule has 0 spiro atoms. The van der Waals surface area contributed by atoms with Gasteiger partial charge in [-0.2, -0.15) is 0 Å². The molecule has 2 N–H and O–H groups in total. The Morgan fingerprint density at radius 1 is 1.44 bits per heavy atom. The standard InChI is InChI=1S/C12H16N2S2/c13-11(8-10-4-2-1-3-5-10)12(15)14-6-7-16-9-14/h1-5,11H,6-9,13H2. The molecule has 0 amide bonds. The Bertz CT molecular complexity index is 347. The Morgan fingerprint density at radius 3 is 2.81 bits per heavy atom. The molecule has 0 bridgehead atoms. The van der Waals surface area contributed by atoms with Crippen molar-refractivity contribution in [3.05, 3.63) is 35.9 Å². The van der Waals surface area contributed by atoms with Crippen LogP contribution >= 0.6 is 24.0 Å². The van der Waals surface area contributed by atoms with E-state index in [9.17, 15) is 0 Å². The first-order valence-corrected chi connectivity index (χ1v) is 6.99. The smallest absolute Gasteiger partial charge is 0.0960 e. The lowest BCUT2D eigenvalue weighted by Crippen LogP contribution is -2.42. The molecule has 1 aromatic carbocycles. The van der Waals surface area contributed by atoms with Gasteiger partial charge in [0.15, 0.2) is 0 Å². The number of hydrogen-bond donors (Lipinski definition) is 1. The first kappa shape index (κ1) is 11.9. The second kappa shape index (κ2) is 5.66. The Balaban J connectivity index is 1.92. The summed E-state index contributed by atoms with van der Waals surface area (Å²) in [5.41, 5.74) is 7.39. The van der Waals surface area contributed by atoms with Crippen LogP contribution in [0.25, 0.3) is 0 Å². The molecular formula is C12H16N2S2. The highest BCUT2D eigenvalue weighted by molar-refractivity contribution is 7.99. The summed E-state index contributed by atoms with van der Waals surface area (Å²) >= 11 is 7.34. The summed E-state index contributed by atoms with van der Waals surface area (Å²) in [5.74, 6) is 2.17. The molecule has 0 aromatic heterocycles. The zero-order valence-electron chi connectivity index (χ0n) is 9.13. The SMILES string of the molecule is NC(Cc1ccccc1)C(=S)N1CCSC1. The van der Waals surface area contributed by atoms with E-state index in [1.807, 2.05) is 30.0 Å². The summed E-state index contributed by atoms with van der Waals surface area (Å²) in [6.45, 7) is 1.05. The van der Waals surface area contributed by atoms with Crippen LogP contribution in [0.2, 0.25) is 0 Å². The topological polar surface area (TPSA) is 29.3 Å². The van der Waals surface area contributed by atoms with Crippen molar-refractivity contribution in [1.29, 1.82) is 0 Å². The van der Waals surface area contributed by atoms with Gasteiger partial charge in [0.1, 0.15) is 0 Å². The van der Waals surface area contributed by atoms with Gasteiger partial charge in [-0.3, -0.25) is 0 Å². The van der Waals surface area contributed by atoms with E-state index in [-0.39, 0.29) is 6.04 Å². The van der Waals surface area contributed by atoms with Crippen molar-refractivity contribution < 1.29 is 0 Å². The molecule has 1 atom stereocenters. The van der Waals surface area contributed by atoms with Gasteiger partial charge in [-0.05, 0) is 12.0 Å². The van der Waals surface area contributed by atoms with Gasteiger partial charge >= 0.3 is 0 Å². The number of benzene rings is 1. The molecule has 1 saturated heterocycles. The van der Waals surface area contributed by atoms with Crippen molar-refractivity contribution in [1.82, 2.24) is 4.90 Å². The highest BCUT2D eigenvalue weighted by atomic mass is 32.2. The fraction of sp³-hybridized carbons (Fsp3) is 0.417. The summed E-state index contributed by atoms with van der Waals surface area (Å²) in [6.07, 6.45) is 0.834. The molecule has 1 aromatic rings. The molecule has 86 valence electrons. The normalized spacial score (nSPS) is 17.4. The van der Waals surface area contributed by atoms with Gasteiger partial charge in [0, 0.05) is 12.3 Å². The van der Waals surface area contributed by atoms with Crippen molar-refractivity contribution in [2.45, 2.75) is 12.5 Å². The lowest BCUT2D eigenvalue weighted by atomic mass is 10.1. The van der Waals surface area contributed by atoms with Crippen LogP contribution in [0.3, 0.4) is 0 Å². The van der Waals surface area contributed by atoms with E-state index in [0.717, 1.165) is 29.6 Å². The van der Waals surface area contributed by atoms with E-state index in [1.54, 1.807) is 0 Å². The van der Waals surface area contributed by atoms with Crippen molar-refractivity contribution in [2.75, 3.05) is 18.2 Å². The van der Waals surface area contributed by atoms with E-state index in [4.69, 9.17) is 18.0 Å². The Kier molecular flexibility index (Phi) is 4.21. The second-order valence-corrected chi connectivity index (χ2v) is 5.43. The molecule has 1 aliphatic heterocycles. The van der Waals surface area contributed by atoms with E-state index >= 15 is 0 Å². The van der Waals surface area contributed by atoms with Crippen molar-refractivity contribution >= 4 is 29.0 Å². The number of thiocarbonyl (C=S) groups is 1. The molecule has 0 radical (unpaired) electrons. The first-order chi connectivity index (χ1) is 7.77. The van der Waals surface area contributed by atoms with E-state index in [2.05, 4.69) is 17.0 Å². The Morgan fingerprint density at radius 2 is 2.19 bits per heavy atom. The highest BCUT2D eigenvalue weighted by Crippen LogP contribution is 2.16. The van der Waals surface area contributed by atoms with Crippen LogP contribution in [0, 0.1) is 0 Å². The Hall–Kier alpha value is -0.580. The third-order valence-electron chi connectivity index (χ3n) is 2.68. The monoisotopic (exact) mass is 252 g/mol. The first-order valence-electron chi connectivity index (χ1n) is 5.43. The van der Waals surface area contributed by atoms with Crippen molar-refractivity contribution in [3.8, 4) is 0 Å². The molecule has 1 unspecified atom stereocenters. The molecule has 2 nitrogen and oxygen atoms in total. The minimum atomic E-state index is -0.0314. The molecule has 2 rings (SSSR count). The summed E-state index contributed by atoms with van der Waals surface area (Å²) in [5, 5.41) is 0. The molecule has 0 saturated carbocycles. The average molecular weight is 252 g/mol. The summed E-state index contributed by atoms with van der Waals surface area (Å²) in [6, 6.07) is 10.3. The summed E-state index contributed by atoms with van der Waals surface area (Å²) < 4.78 is 0. The number of nitrogens with zero attached hydrogens (tertiary/aromatic N) is 1. The third-order valence-corrected chi connectivity index (χ3v) is 4.21. The van der Waals surface area contributed by atoms with Crippen LogP contribution < -0.4 is 5.73 Å². The molecule has 1 heterocycles. The maximum Gasteiger partial charge on any atom is 0.0960 e. The fourth-order valence-electron chi connectivity index (χ4n) is 1.78. The second-order valence-electron chi connectivity index (χ2n) is 3.94. The zero-order chi connectivity index (χ0) is 11.4. The fourth-order valence-corrected chi connectivity index (χ4v) is 3.07. The highest BCUT2D eigenvalue weighted by Gasteiger charge is 2.20. The maximum absolute atomic E-state index is 6.14. The van der Waals surface area contributed by atoms with Gasteiger partial charge in [0.25, 0.3) is 0 Å². The maximum atomic E-state index is 6.14. The van der Waals surface area contributed by atoms with Crippen LogP contribution in [0.5, 0.6) is 0 Å². The average Bonchev–Trinajstić information content (AvgIpc) is 2.83. The minimum absolute atomic E-state index is 0.0314. The number of nitrogens with two attached hydrogens (primary N) is 1. The minimum Gasteiger partial charge on any atom is -0.355 e. The van der Waals surface area contributed by atoms with Crippen LogP contribution in [0.1, 0.15) is 5.56 Å². The Labute approximate surface area is 106 Å². The van der Waals surface area contributed by atoms with Crippen molar-refractivity contribution in [3.63, 3.8) is 0 Å². The number of hydrogen-bond acceptors (Lipinski definition) is 3. The van der Waals surface area contributed by atoms with Crippen LogP contribution in [-0.2, 0) is 6.42 Å². The lowest BCUT2D eigenvalue weighted by Gasteiger charge is -2.22. The van der Waals surface area contributed by atoms with Gasteiger partial charge < -0.3 is 10.6 Å². The van der Waals surface area contributed by atoms with Gasteiger partial charge in [-0.25, -0.2) is 0 Å². The van der Waals surface area contributed by atoms with Gasteiger partial charge in [-0.1, -0.05) is 42.5 Å².